The average Bonchev–Trinajstić information content (AvgIpc) is 2.38. The minimum atomic E-state index is -3.80. The van der Waals surface area contributed by atoms with E-state index < -0.39 is 16.1 Å². The van der Waals surface area contributed by atoms with Crippen LogP contribution in [0, 0.1) is 0 Å². The van der Waals surface area contributed by atoms with E-state index in [1.54, 1.807) is 25.1 Å². The molecule has 1 aromatic carbocycles. The zero-order valence-electron chi connectivity index (χ0n) is 10.8. The summed E-state index contributed by atoms with van der Waals surface area (Å²) < 4.78 is 27.1. The maximum Gasteiger partial charge on any atom is 0.244 e. The first-order valence-corrected chi connectivity index (χ1v) is 8.50. The standard InChI is InChI=1S/C13H11Cl3N2O2S/c1-8(10-3-2-9(14)6-12(10)16)18-21(19,20)13-7-17-5-4-11(13)15/h2-8,18H,1H3. The fourth-order valence-electron chi connectivity index (χ4n) is 1.77. The van der Waals surface area contributed by atoms with Crippen LogP contribution in [0.15, 0.2) is 41.6 Å². The van der Waals surface area contributed by atoms with Crippen LogP contribution in [-0.2, 0) is 10.0 Å². The molecule has 21 heavy (non-hydrogen) atoms. The van der Waals surface area contributed by atoms with E-state index in [1.807, 2.05) is 0 Å². The molecule has 0 aliphatic rings. The minimum Gasteiger partial charge on any atom is -0.263 e. The zero-order valence-corrected chi connectivity index (χ0v) is 13.9. The third-order valence-electron chi connectivity index (χ3n) is 2.78. The van der Waals surface area contributed by atoms with Crippen molar-refractivity contribution in [2.24, 2.45) is 0 Å². The molecule has 0 amide bonds. The number of hydrogen-bond donors (Lipinski definition) is 1. The number of hydrogen-bond acceptors (Lipinski definition) is 3. The first-order chi connectivity index (χ1) is 9.81. The normalized spacial score (nSPS) is 13.1. The number of rotatable bonds is 4. The number of benzene rings is 1. The first-order valence-electron chi connectivity index (χ1n) is 5.88. The van der Waals surface area contributed by atoms with E-state index >= 15 is 0 Å². The molecule has 0 saturated carbocycles. The van der Waals surface area contributed by atoms with Crippen molar-refractivity contribution in [3.63, 3.8) is 0 Å². The predicted molar refractivity (Wildman–Crippen MR) is 84.4 cm³/mol. The topological polar surface area (TPSA) is 59.1 Å². The summed E-state index contributed by atoms with van der Waals surface area (Å²) in [7, 11) is -3.80. The maximum absolute atomic E-state index is 12.3. The molecule has 0 radical (unpaired) electrons. The van der Waals surface area contributed by atoms with E-state index in [9.17, 15) is 8.42 Å². The quantitative estimate of drug-likeness (QED) is 0.888. The summed E-state index contributed by atoms with van der Waals surface area (Å²) in [6.45, 7) is 1.68. The molecule has 0 aliphatic heterocycles. The molecule has 0 aliphatic carbocycles. The van der Waals surface area contributed by atoms with E-state index in [2.05, 4.69) is 9.71 Å². The third-order valence-corrected chi connectivity index (χ3v) is 5.36. The van der Waals surface area contributed by atoms with Crippen molar-refractivity contribution in [1.82, 2.24) is 9.71 Å². The van der Waals surface area contributed by atoms with Gasteiger partial charge in [0, 0.05) is 28.5 Å². The number of aromatic nitrogens is 1. The van der Waals surface area contributed by atoms with Crippen molar-refractivity contribution in [3.8, 4) is 0 Å². The second-order valence-corrected chi connectivity index (χ2v) is 7.25. The Hall–Kier alpha value is -0.850. The smallest absolute Gasteiger partial charge is 0.244 e. The van der Waals surface area contributed by atoms with E-state index in [1.165, 1.54) is 18.5 Å². The SMILES string of the molecule is CC(NS(=O)(=O)c1cnccc1Cl)c1ccc(Cl)cc1Cl. The zero-order chi connectivity index (χ0) is 15.6. The van der Waals surface area contributed by atoms with Crippen molar-refractivity contribution in [2.45, 2.75) is 17.9 Å². The molecular weight excluding hydrogens is 355 g/mol. The van der Waals surface area contributed by atoms with Gasteiger partial charge in [0.2, 0.25) is 10.0 Å². The summed E-state index contributed by atoms with van der Waals surface area (Å²) in [5.41, 5.74) is 0.615. The second-order valence-electron chi connectivity index (χ2n) is 4.31. The molecule has 0 saturated heterocycles. The Labute approximate surface area is 138 Å². The molecule has 1 atom stereocenters. The maximum atomic E-state index is 12.3. The molecule has 2 rings (SSSR count). The molecule has 2 aromatic rings. The Bertz CT molecular complexity index is 766. The van der Waals surface area contributed by atoms with Crippen molar-refractivity contribution in [2.75, 3.05) is 0 Å². The molecule has 112 valence electrons. The largest absolute Gasteiger partial charge is 0.263 e. The fourth-order valence-corrected chi connectivity index (χ4v) is 4.00. The van der Waals surface area contributed by atoms with Gasteiger partial charge in [-0.05, 0) is 30.7 Å². The summed E-state index contributed by atoms with van der Waals surface area (Å²) in [6, 6.07) is 5.74. The lowest BCUT2D eigenvalue weighted by Gasteiger charge is -2.16. The minimum absolute atomic E-state index is 0.0800. The van der Waals surface area contributed by atoms with Crippen molar-refractivity contribution >= 4 is 44.8 Å². The summed E-state index contributed by atoms with van der Waals surface area (Å²) in [5.74, 6) is 0. The van der Waals surface area contributed by atoms with Gasteiger partial charge in [-0.25, -0.2) is 13.1 Å². The van der Waals surface area contributed by atoms with E-state index in [4.69, 9.17) is 34.8 Å². The molecule has 1 unspecified atom stereocenters. The number of nitrogens with one attached hydrogen (secondary N) is 1. The summed E-state index contributed by atoms with van der Waals surface area (Å²) in [5, 5.41) is 0.969. The Kier molecular flexibility index (Phi) is 5.11. The lowest BCUT2D eigenvalue weighted by molar-refractivity contribution is 0.566. The highest BCUT2D eigenvalue weighted by molar-refractivity contribution is 7.89. The molecule has 0 bridgehead atoms. The Morgan fingerprint density at radius 1 is 1.14 bits per heavy atom. The van der Waals surface area contributed by atoms with Crippen molar-refractivity contribution < 1.29 is 8.42 Å². The molecule has 1 aromatic heterocycles. The lowest BCUT2D eigenvalue weighted by Crippen LogP contribution is -2.27. The third kappa shape index (κ3) is 3.87. The molecule has 1 N–H and O–H groups in total. The van der Waals surface area contributed by atoms with Crippen LogP contribution in [0.2, 0.25) is 15.1 Å². The number of nitrogens with zero attached hydrogens (tertiary/aromatic N) is 1. The predicted octanol–water partition coefficient (Wildman–Crippen LogP) is 4.08. The van der Waals surface area contributed by atoms with Crippen LogP contribution in [0.25, 0.3) is 0 Å². The Morgan fingerprint density at radius 3 is 2.48 bits per heavy atom. The van der Waals surface area contributed by atoms with Gasteiger partial charge in [-0.15, -0.1) is 0 Å². The molecular formula is C13H11Cl3N2O2S. The van der Waals surface area contributed by atoms with Crippen LogP contribution in [0.3, 0.4) is 0 Å². The second kappa shape index (κ2) is 6.50. The van der Waals surface area contributed by atoms with Gasteiger partial charge in [0.1, 0.15) is 4.90 Å². The van der Waals surface area contributed by atoms with Gasteiger partial charge in [0.25, 0.3) is 0 Å². The van der Waals surface area contributed by atoms with Gasteiger partial charge in [-0.3, -0.25) is 4.98 Å². The highest BCUT2D eigenvalue weighted by Gasteiger charge is 2.22. The van der Waals surface area contributed by atoms with Gasteiger partial charge < -0.3 is 0 Å². The van der Waals surface area contributed by atoms with Crippen LogP contribution in [0.5, 0.6) is 0 Å². The van der Waals surface area contributed by atoms with Crippen LogP contribution in [-0.4, -0.2) is 13.4 Å². The molecule has 0 fully saturated rings. The molecule has 8 heteroatoms. The van der Waals surface area contributed by atoms with Crippen LogP contribution >= 0.6 is 34.8 Å². The van der Waals surface area contributed by atoms with Crippen LogP contribution in [0.1, 0.15) is 18.5 Å². The van der Waals surface area contributed by atoms with Gasteiger partial charge >= 0.3 is 0 Å². The van der Waals surface area contributed by atoms with E-state index in [-0.39, 0.29) is 9.92 Å². The number of halogens is 3. The number of sulfonamides is 1. The van der Waals surface area contributed by atoms with E-state index in [0.717, 1.165) is 0 Å². The number of pyridine rings is 1. The highest BCUT2D eigenvalue weighted by atomic mass is 35.5. The van der Waals surface area contributed by atoms with Gasteiger partial charge in [0.05, 0.1) is 5.02 Å². The average molecular weight is 366 g/mol. The monoisotopic (exact) mass is 364 g/mol. The van der Waals surface area contributed by atoms with Crippen molar-refractivity contribution in [1.29, 1.82) is 0 Å². The summed E-state index contributed by atoms with van der Waals surface area (Å²) in [6.07, 6.45) is 2.61. The first kappa shape index (κ1) is 16.5. The molecule has 1 heterocycles. The fraction of sp³-hybridized carbons (Fsp3) is 0.154. The summed E-state index contributed by atoms with van der Waals surface area (Å²) in [4.78, 5) is 3.69. The van der Waals surface area contributed by atoms with Gasteiger partial charge in [0.15, 0.2) is 0 Å². The van der Waals surface area contributed by atoms with Crippen LogP contribution in [0.4, 0.5) is 0 Å². The Balaban J connectivity index is 2.30. The summed E-state index contributed by atoms with van der Waals surface area (Å²) >= 11 is 17.8. The Morgan fingerprint density at radius 2 is 1.86 bits per heavy atom. The molecule has 0 spiro atoms. The van der Waals surface area contributed by atoms with Gasteiger partial charge in [-0.2, -0.15) is 0 Å². The highest BCUT2D eigenvalue weighted by Crippen LogP contribution is 2.28. The molecule has 4 nitrogen and oxygen atoms in total. The van der Waals surface area contributed by atoms with Crippen molar-refractivity contribution in [3.05, 3.63) is 57.3 Å². The van der Waals surface area contributed by atoms with Gasteiger partial charge in [-0.1, -0.05) is 40.9 Å². The lowest BCUT2D eigenvalue weighted by atomic mass is 10.1. The van der Waals surface area contributed by atoms with E-state index in [0.29, 0.717) is 15.6 Å². The van der Waals surface area contributed by atoms with Crippen LogP contribution < -0.4 is 4.72 Å².